The molecule has 2 rings (SSSR count). The SMILES string of the molecule is O=C(O)[C@H]1CCCN(C(=O)Nc2cccc(Cl)c2)C1. The summed E-state index contributed by atoms with van der Waals surface area (Å²) in [5.41, 5.74) is 0.606. The Balaban J connectivity index is 1.98. The van der Waals surface area contributed by atoms with Crippen molar-refractivity contribution >= 4 is 29.3 Å². The number of likely N-dealkylation sites (tertiary alicyclic amines) is 1. The van der Waals surface area contributed by atoms with Crippen LogP contribution in [-0.2, 0) is 4.79 Å². The summed E-state index contributed by atoms with van der Waals surface area (Å²) in [6, 6.07) is 6.57. The van der Waals surface area contributed by atoms with Crippen LogP contribution in [0.5, 0.6) is 0 Å². The van der Waals surface area contributed by atoms with Crippen LogP contribution in [0.15, 0.2) is 24.3 Å². The normalized spacial score (nSPS) is 19.0. The predicted molar refractivity (Wildman–Crippen MR) is 72.4 cm³/mol. The fraction of sp³-hybridized carbons (Fsp3) is 0.385. The number of urea groups is 1. The van der Waals surface area contributed by atoms with Gasteiger partial charge in [0.2, 0.25) is 0 Å². The number of amides is 2. The maximum atomic E-state index is 12.0. The van der Waals surface area contributed by atoms with Crippen molar-refractivity contribution in [1.82, 2.24) is 4.90 Å². The van der Waals surface area contributed by atoms with Gasteiger partial charge in [-0.15, -0.1) is 0 Å². The third-order valence-electron chi connectivity index (χ3n) is 3.13. The van der Waals surface area contributed by atoms with Gasteiger partial charge in [0.05, 0.1) is 5.92 Å². The molecular formula is C13H15ClN2O3. The molecule has 0 radical (unpaired) electrons. The third kappa shape index (κ3) is 3.61. The number of nitrogens with one attached hydrogen (secondary N) is 1. The Kier molecular flexibility index (Phi) is 4.27. The number of carboxylic acid groups (broad SMARTS) is 1. The summed E-state index contributed by atoms with van der Waals surface area (Å²) in [6.07, 6.45) is 1.33. The maximum absolute atomic E-state index is 12.0. The molecule has 1 aromatic carbocycles. The van der Waals surface area contributed by atoms with Crippen LogP contribution in [0.3, 0.4) is 0 Å². The van der Waals surface area contributed by atoms with Crippen molar-refractivity contribution in [3.05, 3.63) is 29.3 Å². The molecule has 0 aromatic heterocycles. The molecule has 0 saturated carbocycles. The molecule has 6 heteroatoms. The number of anilines is 1. The minimum absolute atomic E-state index is 0.252. The van der Waals surface area contributed by atoms with E-state index in [-0.39, 0.29) is 12.6 Å². The number of carboxylic acids is 1. The van der Waals surface area contributed by atoms with Crippen LogP contribution >= 0.6 is 11.6 Å². The van der Waals surface area contributed by atoms with Crippen LogP contribution in [0.25, 0.3) is 0 Å². The van der Waals surface area contributed by atoms with Crippen molar-refractivity contribution in [2.75, 3.05) is 18.4 Å². The van der Waals surface area contributed by atoms with Crippen molar-refractivity contribution in [3.63, 3.8) is 0 Å². The number of rotatable bonds is 2. The van der Waals surface area contributed by atoms with Crippen LogP contribution in [0, 0.1) is 5.92 Å². The van der Waals surface area contributed by atoms with Crippen LogP contribution in [0.1, 0.15) is 12.8 Å². The lowest BCUT2D eigenvalue weighted by molar-refractivity contribution is -0.143. The van der Waals surface area contributed by atoms with Gasteiger partial charge in [0.25, 0.3) is 0 Å². The molecule has 5 nitrogen and oxygen atoms in total. The molecule has 1 aromatic rings. The van der Waals surface area contributed by atoms with Crippen molar-refractivity contribution in [1.29, 1.82) is 0 Å². The average Bonchev–Trinajstić information content (AvgIpc) is 2.39. The number of piperidine rings is 1. The third-order valence-corrected chi connectivity index (χ3v) is 3.37. The van der Waals surface area contributed by atoms with E-state index in [0.717, 1.165) is 0 Å². The van der Waals surface area contributed by atoms with Gasteiger partial charge >= 0.3 is 12.0 Å². The number of hydrogen-bond acceptors (Lipinski definition) is 2. The van der Waals surface area contributed by atoms with Gasteiger partial charge in [-0.2, -0.15) is 0 Å². The zero-order valence-corrected chi connectivity index (χ0v) is 11.1. The lowest BCUT2D eigenvalue weighted by atomic mass is 9.99. The number of carbonyl (C=O) groups excluding carboxylic acids is 1. The first-order valence-electron chi connectivity index (χ1n) is 6.10. The van der Waals surface area contributed by atoms with E-state index in [1.54, 1.807) is 24.3 Å². The summed E-state index contributed by atoms with van der Waals surface area (Å²) in [7, 11) is 0. The predicted octanol–water partition coefficient (Wildman–Crippen LogP) is 2.67. The molecule has 1 fully saturated rings. The lowest BCUT2D eigenvalue weighted by Gasteiger charge is -2.30. The summed E-state index contributed by atoms with van der Waals surface area (Å²) in [5.74, 6) is -1.32. The molecular weight excluding hydrogens is 268 g/mol. The van der Waals surface area contributed by atoms with Crippen molar-refractivity contribution in [2.45, 2.75) is 12.8 Å². The van der Waals surface area contributed by atoms with Gasteiger partial charge in [0, 0.05) is 23.8 Å². The molecule has 1 saturated heterocycles. The molecule has 2 amide bonds. The Hall–Kier alpha value is -1.75. The van der Waals surface area contributed by atoms with Crippen LogP contribution < -0.4 is 5.32 Å². The number of benzene rings is 1. The van der Waals surface area contributed by atoms with E-state index in [2.05, 4.69) is 5.32 Å². The second-order valence-electron chi connectivity index (χ2n) is 4.56. The van der Waals surface area contributed by atoms with E-state index in [1.165, 1.54) is 4.90 Å². The minimum atomic E-state index is -0.847. The number of hydrogen-bond donors (Lipinski definition) is 2. The number of aliphatic carboxylic acids is 1. The minimum Gasteiger partial charge on any atom is -0.481 e. The first kappa shape index (κ1) is 13.7. The quantitative estimate of drug-likeness (QED) is 0.876. The second kappa shape index (κ2) is 5.93. The highest BCUT2D eigenvalue weighted by molar-refractivity contribution is 6.30. The molecule has 19 heavy (non-hydrogen) atoms. The van der Waals surface area contributed by atoms with Gasteiger partial charge in [0.1, 0.15) is 0 Å². The summed E-state index contributed by atoms with van der Waals surface area (Å²) in [5, 5.41) is 12.3. The zero-order chi connectivity index (χ0) is 13.8. The highest BCUT2D eigenvalue weighted by atomic mass is 35.5. The highest BCUT2D eigenvalue weighted by Gasteiger charge is 2.28. The van der Waals surface area contributed by atoms with Gasteiger partial charge in [-0.3, -0.25) is 4.79 Å². The van der Waals surface area contributed by atoms with Crippen molar-refractivity contribution in [3.8, 4) is 0 Å². The van der Waals surface area contributed by atoms with Crippen LogP contribution in [0.2, 0.25) is 5.02 Å². The lowest BCUT2D eigenvalue weighted by Crippen LogP contribution is -2.44. The first-order chi connectivity index (χ1) is 9.06. The average molecular weight is 283 g/mol. The van der Waals surface area contributed by atoms with E-state index in [9.17, 15) is 9.59 Å². The monoisotopic (exact) mass is 282 g/mol. The van der Waals surface area contributed by atoms with Gasteiger partial charge in [0.15, 0.2) is 0 Å². The smallest absolute Gasteiger partial charge is 0.321 e. The molecule has 0 spiro atoms. The molecule has 2 N–H and O–H groups in total. The first-order valence-corrected chi connectivity index (χ1v) is 6.48. The van der Waals surface area contributed by atoms with Gasteiger partial charge in [-0.05, 0) is 31.0 Å². The Morgan fingerprint density at radius 1 is 1.42 bits per heavy atom. The van der Waals surface area contributed by atoms with Crippen molar-refractivity contribution in [2.24, 2.45) is 5.92 Å². The summed E-state index contributed by atoms with van der Waals surface area (Å²) >= 11 is 5.84. The Bertz CT molecular complexity index is 493. The Morgan fingerprint density at radius 2 is 2.21 bits per heavy atom. The number of carbonyl (C=O) groups is 2. The fourth-order valence-electron chi connectivity index (χ4n) is 2.13. The summed E-state index contributed by atoms with van der Waals surface area (Å²) in [4.78, 5) is 24.5. The highest BCUT2D eigenvalue weighted by Crippen LogP contribution is 2.19. The standard InChI is InChI=1S/C13H15ClN2O3/c14-10-4-1-5-11(7-10)15-13(19)16-6-2-3-9(8-16)12(17)18/h1,4-5,7,9H,2-3,6,8H2,(H,15,19)(H,17,18)/t9-/m0/s1. The number of halogens is 1. The second-order valence-corrected chi connectivity index (χ2v) is 5.00. The molecule has 102 valence electrons. The van der Waals surface area contributed by atoms with E-state index in [0.29, 0.717) is 30.1 Å². The molecule has 1 atom stereocenters. The molecule has 0 bridgehead atoms. The van der Waals surface area contributed by atoms with Crippen molar-refractivity contribution < 1.29 is 14.7 Å². The van der Waals surface area contributed by atoms with Gasteiger partial charge in [-0.25, -0.2) is 4.79 Å². The summed E-state index contributed by atoms with van der Waals surface area (Å²) in [6.45, 7) is 0.831. The van der Waals surface area contributed by atoms with Gasteiger partial charge < -0.3 is 15.3 Å². The molecule has 1 aliphatic heterocycles. The fourth-order valence-corrected chi connectivity index (χ4v) is 2.32. The van der Waals surface area contributed by atoms with E-state index >= 15 is 0 Å². The maximum Gasteiger partial charge on any atom is 0.321 e. The molecule has 1 heterocycles. The Labute approximate surface area is 116 Å². The van der Waals surface area contributed by atoms with E-state index in [4.69, 9.17) is 16.7 Å². The summed E-state index contributed by atoms with van der Waals surface area (Å²) < 4.78 is 0. The molecule has 0 unspecified atom stereocenters. The van der Waals surface area contributed by atoms with Crippen LogP contribution in [0.4, 0.5) is 10.5 Å². The Morgan fingerprint density at radius 3 is 2.89 bits per heavy atom. The number of nitrogens with zero attached hydrogens (tertiary/aromatic N) is 1. The zero-order valence-electron chi connectivity index (χ0n) is 10.3. The van der Waals surface area contributed by atoms with Crippen LogP contribution in [-0.4, -0.2) is 35.1 Å². The largest absolute Gasteiger partial charge is 0.481 e. The molecule has 0 aliphatic carbocycles. The topological polar surface area (TPSA) is 69.6 Å². The van der Waals surface area contributed by atoms with Gasteiger partial charge in [-0.1, -0.05) is 17.7 Å². The van der Waals surface area contributed by atoms with E-state index < -0.39 is 11.9 Å². The van der Waals surface area contributed by atoms with E-state index in [1.807, 2.05) is 0 Å². The molecule has 1 aliphatic rings.